The van der Waals surface area contributed by atoms with E-state index in [-0.39, 0.29) is 69.5 Å². The predicted molar refractivity (Wildman–Crippen MR) is 88.1 cm³/mol. The molecule has 1 N–H and O–H groups in total. The Morgan fingerprint density at radius 1 is 1.00 bits per heavy atom. The van der Waals surface area contributed by atoms with E-state index in [2.05, 4.69) is 5.32 Å². The van der Waals surface area contributed by atoms with Gasteiger partial charge in [0.15, 0.2) is 11.6 Å². The summed E-state index contributed by atoms with van der Waals surface area (Å²) in [7, 11) is 0. The molecule has 2 aliphatic rings. The summed E-state index contributed by atoms with van der Waals surface area (Å²) in [6.45, 7) is 0.352. The van der Waals surface area contributed by atoms with E-state index in [0.717, 1.165) is 17.1 Å². The Balaban J connectivity index is 1.49. The first-order chi connectivity index (χ1) is 12.9. The van der Waals surface area contributed by atoms with Crippen LogP contribution in [0, 0.1) is 0 Å². The van der Waals surface area contributed by atoms with Crippen molar-refractivity contribution < 1.29 is 38.2 Å². The van der Waals surface area contributed by atoms with E-state index < -0.39 is 23.9 Å². The Hall–Kier alpha value is -2.88. The maximum Gasteiger partial charge on any atom is 0.309 e. The fraction of sp³-hybridized carbons (Fsp3) is 0.529. The number of Topliss-reactive ketones (excluding diaryl/α,β-unsaturated/α-hetero) is 2. The standard InChI is InChI=1S/C17H20N2O8/c20-11-1-2-12(21)17(11)27-16(25)6-9-26-10-7-18-13(22)5-8-19-14(23)3-4-15(19)24/h3-4,17H,1-2,5-10H2,(H,18,22). The largest absolute Gasteiger partial charge is 0.446 e. The zero-order valence-electron chi connectivity index (χ0n) is 14.6. The van der Waals surface area contributed by atoms with Crippen LogP contribution < -0.4 is 5.32 Å². The third kappa shape index (κ3) is 6.10. The molecule has 27 heavy (non-hydrogen) atoms. The summed E-state index contributed by atoms with van der Waals surface area (Å²) < 4.78 is 10.00. The van der Waals surface area contributed by atoms with Crippen molar-refractivity contribution >= 4 is 35.3 Å². The SMILES string of the molecule is O=C(CCN1C(=O)C=CC1=O)NCCOCCC(=O)OC1C(=O)CCC1=O. The number of nitrogens with one attached hydrogen (secondary N) is 1. The van der Waals surface area contributed by atoms with Crippen molar-refractivity contribution in [1.82, 2.24) is 10.2 Å². The number of ketones is 2. The van der Waals surface area contributed by atoms with Crippen LogP contribution >= 0.6 is 0 Å². The van der Waals surface area contributed by atoms with Crippen molar-refractivity contribution in [2.75, 3.05) is 26.3 Å². The van der Waals surface area contributed by atoms with Crippen LogP contribution in [0.3, 0.4) is 0 Å². The minimum absolute atomic E-state index is 0.00179. The van der Waals surface area contributed by atoms with Crippen LogP contribution in [0.2, 0.25) is 0 Å². The highest BCUT2D eigenvalue weighted by molar-refractivity contribution is 6.13. The summed E-state index contributed by atoms with van der Waals surface area (Å²) in [4.78, 5) is 69.5. The quantitative estimate of drug-likeness (QED) is 0.213. The molecule has 1 fully saturated rings. The second-order valence-electron chi connectivity index (χ2n) is 5.93. The molecule has 0 bridgehead atoms. The molecule has 0 aromatic rings. The number of carbonyl (C=O) groups excluding carboxylic acids is 6. The highest BCUT2D eigenvalue weighted by atomic mass is 16.6. The van der Waals surface area contributed by atoms with Crippen molar-refractivity contribution in [1.29, 1.82) is 0 Å². The lowest BCUT2D eigenvalue weighted by molar-refractivity contribution is -0.158. The number of hydrogen-bond donors (Lipinski definition) is 1. The molecule has 1 aliphatic heterocycles. The number of amides is 3. The zero-order chi connectivity index (χ0) is 19.8. The van der Waals surface area contributed by atoms with E-state index in [1.54, 1.807) is 0 Å². The molecule has 1 saturated carbocycles. The Morgan fingerprint density at radius 3 is 2.26 bits per heavy atom. The first kappa shape index (κ1) is 20.4. The molecule has 0 aromatic heterocycles. The van der Waals surface area contributed by atoms with Crippen molar-refractivity contribution in [3.8, 4) is 0 Å². The zero-order valence-corrected chi connectivity index (χ0v) is 14.6. The van der Waals surface area contributed by atoms with Crippen LogP contribution in [0.25, 0.3) is 0 Å². The number of hydrogen-bond acceptors (Lipinski definition) is 8. The summed E-state index contributed by atoms with van der Waals surface area (Å²) >= 11 is 0. The summed E-state index contributed by atoms with van der Waals surface area (Å²) in [5.41, 5.74) is 0. The van der Waals surface area contributed by atoms with Gasteiger partial charge in [-0.05, 0) is 0 Å². The monoisotopic (exact) mass is 380 g/mol. The number of carbonyl (C=O) groups is 6. The molecule has 10 nitrogen and oxygen atoms in total. The molecule has 0 unspecified atom stereocenters. The van der Waals surface area contributed by atoms with Crippen molar-refractivity contribution in [3.63, 3.8) is 0 Å². The molecule has 146 valence electrons. The third-order valence-electron chi connectivity index (χ3n) is 3.93. The Morgan fingerprint density at radius 2 is 1.63 bits per heavy atom. The summed E-state index contributed by atoms with van der Waals surface area (Å²) in [5.74, 6) is -2.69. The minimum atomic E-state index is -1.28. The molecule has 3 amide bonds. The lowest BCUT2D eigenvalue weighted by Gasteiger charge is -2.13. The van der Waals surface area contributed by atoms with Crippen LogP contribution in [-0.2, 0) is 38.2 Å². The number of ether oxygens (including phenoxy) is 2. The van der Waals surface area contributed by atoms with Crippen LogP contribution in [0.1, 0.15) is 25.7 Å². The van der Waals surface area contributed by atoms with Gasteiger partial charge >= 0.3 is 5.97 Å². The molecule has 0 aromatic carbocycles. The van der Waals surface area contributed by atoms with Gasteiger partial charge in [-0.1, -0.05) is 0 Å². The second kappa shape index (κ2) is 9.72. The van der Waals surface area contributed by atoms with Crippen LogP contribution in [0.5, 0.6) is 0 Å². The van der Waals surface area contributed by atoms with Gasteiger partial charge < -0.3 is 14.8 Å². The van der Waals surface area contributed by atoms with E-state index in [1.165, 1.54) is 0 Å². The molecule has 0 spiro atoms. The maximum atomic E-state index is 11.6. The van der Waals surface area contributed by atoms with Gasteiger partial charge in [-0.15, -0.1) is 0 Å². The Kier molecular flexibility index (Phi) is 7.35. The van der Waals surface area contributed by atoms with E-state index in [4.69, 9.17) is 9.47 Å². The summed E-state index contributed by atoms with van der Waals surface area (Å²) in [6.07, 6.45) is 1.09. The van der Waals surface area contributed by atoms with Crippen LogP contribution in [-0.4, -0.2) is 72.6 Å². The Bertz CT molecular complexity index is 650. The van der Waals surface area contributed by atoms with Crippen molar-refractivity contribution in [2.45, 2.75) is 31.8 Å². The van der Waals surface area contributed by atoms with E-state index >= 15 is 0 Å². The topological polar surface area (TPSA) is 136 Å². The van der Waals surface area contributed by atoms with Gasteiger partial charge in [-0.25, -0.2) is 0 Å². The normalized spacial score (nSPS) is 17.1. The van der Waals surface area contributed by atoms with Gasteiger partial charge in [0.2, 0.25) is 12.0 Å². The lowest BCUT2D eigenvalue weighted by Crippen LogP contribution is -2.35. The molecule has 1 aliphatic carbocycles. The summed E-state index contributed by atoms with van der Waals surface area (Å²) in [6, 6.07) is 0. The molecular formula is C17H20N2O8. The van der Waals surface area contributed by atoms with E-state index in [0.29, 0.717) is 0 Å². The third-order valence-corrected chi connectivity index (χ3v) is 3.93. The Labute approximate surface area is 154 Å². The van der Waals surface area contributed by atoms with E-state index in [1.807, 2.05) is 0 Å². The van der Waals surface area contributed by atoms with E-state index in [9.17, 15) is 28.8 Å². The van der Waals surface area contributed by atoms with Gasteiger partial charge in [-0.2, -0.15) is 0 Å². The first-order valence-electron chi connectivity index (χ1n) is 8.51. The van der Waals surface area contributed by atoms with Crippen LogP contribution in [0.4, 0.5) is 0 Å². The average Bonchev–Trinajstić information content (AvgIpc) is 3.12. The first-order valence-corrected chi connectivity index (χ1v) is 8.51. The van der Waals surface area contributed by atoms with Gasteiger partial charge in [-0.3, -0.25) is 33.7 Å². The molecule has 1 heterocycles. The second-order valence-corrected chi connectivity index (χ2v) is 5.93. The average molecular weight is 380 g/mol. The molecule has 10 heteroatoms. The summed E-state index contributed by atoms with van der Waals surface area (Å²) in [5, 5.41) is 2.56. The highest BCUT2D eigenvalue weighted by Crippen LogP contribution is 2.14. The lowest BCUT2D eigenvalue weighted by atomic mass is 10.3. The number of rotatable bonds is 10. The van der Waals surface area contributed by atoms with Gasteiger partial charge in [0.25, 0.3) is 11.8 Å². The van der Waals surface area contributed by atoms with Gasteiger partial charge in [0.05, 0.1) is 19.6 Å². The highest BCUT2D eigenvalue weighted by Gasteiger charge is 2.35. The van der Waals surface area contributed by atoms with Gasteiger partial charge in [0.1, 0.15) is 0 Å². The predicted octanol–water partition coefficient (Wildman–Crippen LogP) is -1.33. The van der Waals surface area contributed by atoms with Crippen molar-refractivity contribution in [3.05, 3.63) is 12.2 Å². The molecule has 0 atom stereocenters. The fourth-order valence-corrected chi connectivity index (χ4v) is 2.48. The fourth-order valence-electron chi connectivity index (χ4n) is 2.48. The molecule has 2 rings (SSSR count). The minimum Gasteiger partial charge on any atom is -0.446 e. The number of esters is 1. The molecule has 0 saturated heterocycles. The number of nitrogens with zero attached hydrogens (tertiary/aromatic N) is 1. The molecule has 0 radical (unpaired) electrons. The van der Waals surface area contributed by atoms with Crippen LogP contribution in [0.15, 0.2) is 12.2 Å². The maximum absolute atomic E-state index is 11.6. The smallest absolute Gasteiger partial charge is 0.309 e. The number of imide groups is 1. The van der Waals surface area contributed by atoms with Crippen molar-refractivity contribution in [2.24, 2.45) is 0 Å². The van der Waals surface area contributed by atoms with Gasteiger partial charge in [0, 0.05) is 44.5 Å². The molecular weight excluding hydrogens is 360 g/mol.